The molecule has 6 nitrogen and oxygen atoms in total. The summed E-state index contributed by atoms with van der Waals surface area (Å²) in [7, 11) is 1.79. The van der Waals surface area contributed by atoms with Crippen LogP contribution in [0.25, 0.3) is 0 Å². The van der Waals surface area contributed by atoms with Crippen LogP contribution in [0.4, 0.5) is 4.39 Å². The number of aryl methyl sites for hydroxylation is 1. The maximum Gasteiger partial charge on any atom is 0.265 e. The molecule has 1 amide bonds. The number of carbonyl (C=O) groups is 1. The summed E-state index contributed by atoms with van der Waals surface area (Å²) in [5, 5.41) is 2.85. The average Bonchev–Trinajstić information content (AvgIpc) is 3.12. The van der Waals surface area contributed by atoms with Crippen LogP contribution < -0.4 is 14.8 Å². The molecular weight excluding hydrogens is 349 g/mol. The number of nitrogens with zero attached hydrogens (tertiary/aromatic N) is 2. The fourth-order valence-corrected chi connectivity index (χ4v) is 3.03. The van der Waals surface area contributed by atoms with E-state index in [1.54, 1.807) is 60.4 Å². The number of hydrogen-bond donors (Lipinski definition) is 1. The van der Waals surface area contributed by atoms with E-state index < -0.39 is 23.9 Å². The van der Waals surface area contributed by atoms with E-state index in [9.17, 15) is 9.18 Å². The Morgan fingerprint density at radius 1 is 1.22 bits per heavy atom. The monoisotopic (exact) mass is 367 g/mol. The molecule has 2 heterocycles. The molecule has 0 fully saturated rings. The molecule has 27 heavy (non-hydrogen) atoms. The SMILES string of the molecule is Cn1ccnc1[C@H](NC(=O)[C@H]1COc2ccccc2O1)c1ccccc1F. The normalized spacial score (nSPS) is 16.6. The van der Waals surface area contributed by atoms with E-state index in [4.69, 9.17) is 9.47 Å². The van der Waals surface area contributed by atoms with Crippen LogP contribution in [0.1, 0.15) is 17.4 Å². The molecule has 0 radical (unpaired) electrons. The minimum Gasteiger partial charge on any atom is -0.485 e. The fourth-order valence-electron chi connectivity index (χ4n) is 3.03. The minimum atomic E-state index is -0.838. The molecule has 1 aliphatic rings. The summed E-state index contributed by atoms with van der Waals surface area (Å²) in [6, 6.07) is 12.7. The zero-order chi connectivity index (χ0) is 18.8. The highest BCUT2D eigenvalue weighted by Crippen LogP contribution is 2.31. The fraction of sp³-hybridized carbons (Fsp3) is 0.200. The quantitative estimate of drug-likeness (QED) is 0.770. The Morgan fingerprint density at radius 2 is 1.96 bits per heavy atom. The number of aromatic nitrogens is 2. The number of ether oxygens (including phenoxy) is 2. The van der Waals surface area contributed by atoms with Gasteiger partial charge >= 0.3 is 0 Å². The molecule has 0 bridgehead atoms. The molecule has 138 valence electrons. The molecule has 1 N–H and O–H groups in total. The molecule has 2 atom stereocenters. The third kappa shape index (κ3) is 3.36. The van der Waals surface area contributed by atoms with Gasteiger partial charge in [0.05, 0.1) is 0 Å². The number of fused-ring (bicyclic) bond motifs is 1. The number of nitrogens with one attached hydrogen (secondary N) is 1. The van der Waals surface area contributed by atoms with E-state index in [-0.39, 0.29) is 6.61 Å². The van der Waals surface area contributed by atoms with Crippen molar-refractivity contribution in [2.75, 3.05) is 6.61 Å². The molecule has 0 aliphatic carbocycles. The summed E-state index contributed by atoms with van der Waals surface area (Å²) in [5.41, 5.74) is 0.331. The Hall–Kier alpha value is -3.35. The van der Waals surface area contributed by atoms with Gasteiger partial charge in [-0.3, -0.25) is 4.79 Å². The second-order valence-corrected chi connectivity index (χ2v) is 6.22. The van der Waals surface area contributed by atoms with E-state index in [0.29, 0.717) is 22.9 Å². The maximum absolute atomic E-state index is 14.4. The Labute approximate surface area is 155 Å². The summed E-state index contributed by atoms with van der Waals surface area (Å²) in [4.78, 5) is 17.1. The Balaban J connectivity index is 1.60. The van der Waals surface area contributed by atoms with E-state index in [0.717, 1.165) is 0 Å². The lowest BCUT2D eigenvalue weighted by Gasteiger charge is -2.27. The molecule has 3 aromatic rings. The molecule has 0 unspecified atom stereocenters. The second-order valence-electron chi connectivity index (χ2n) is 6.22. The van der Waals surface area contributed by atoms with Crippen molar-refractivity contribution in [2.24, 2.45) is 7.05 Å². The summed E-state index contributed by atoms with van der Waals surface area (Å²) in [6.45, 7) is 0.0768. The van der Waals surface area contributed by atoms with Crippen molar-refractivity contribution >= 4 is 5.91 Å². The molecule has 4 rings (SSSR count). The molecule has 0 saturated heterocycles. The third-order valence-electron chi connectivity index (χ3n) is 4.42. The van der Waals surface area contributed by atoms with Crippen LogP contribution in [-0.2, 0) is 11.8 Å². The summed E-state index contributed by atoms with van der Waals surface area (Å²) in [6.07, 6.45) is 2.51. The number of para-hydroxylation sites is 2. The van der Waals surface area contributed by atoms with Gasteiger partial charge in [-0.1, -0.05) is 30.3 Å². The first kappa shape index (κ1) is 17.1. The second kappa shape index (κ2) is 7.11. The largest absolute Gasteiger partial charge is 0.485 e. The Kier molecular flexibility index (Phi) is 4.50. The number of halogens is 1. The van der Waals surface area contributed by atoms with Gasteiger partial charge in [-0.05, 0) is 18.2 Å². The molecule has 1 aromatic heterocycles. The van der Waals surface area contributed by atoms with Gasteiger partial charge in [-0.25, -0.2) is 9.37 Å². The smallest absolute Gasteiger partial charge is 0.265 e. The van der Waals surface area contributed by atoms with Crippen LogP contribution in [0.15, 0.2) is 60.9 Å². The predicted octanol–water partition coefficient (Wildman–Crippen LogP) is 2.60. The lowest BCUT2D eigenvalue weighted by molar-refractivity contribution is -0.130. The average molecular weight is 367 g/mol. The Bertz CT molecular complexity index is 972. The summed E-state index contributed by atoms with van der Waals surface area (Å²) in [5.74, 6) is 0.794. The lowest BCUT2D eigenvalue weighted by Crippen LogP contribution is -2.46. The van der Waals surface area contributed by atoms with Crippen LogP contribution in [0.2, 0.25) is 0 Å². The van der Waals surface area contributed by atoms with Crippen molar-refractivity contribution in [3.63, 3.8) is 0 Å². The number of benzene rings is 2. The highest BCUT2D eigenvalue weighted by Gasteiger charge is 2.31. The number of hydrogen-bond acceptors (Lipinski definition) is 4. The van der Waals surface area contributed by atoms with Gasteiger partial charge in [0.15, 0.2) is 11.5 Å². The Morgan fingerprint density at radius 3 is 2.70 bits per heavy atom. The molecule has 2 aromatic carbocycles. The summed E-state index contributed by atoms with van der Waals surface area (Å²) >= 11 is 0. The minimum absolute atomic E-state index is 0.0768. The molecule has 7 heteroatoms. The van der Waals surface area contributed by atoms with E-state index in [1.807, 2.05) is 6.07 Å². The van der Waals surface area contributed by atoms with Crippen LogP contribution in [0.5, 0.6) is 11.5 Å². The molecular formula is C20H18FN3O3. The van der Waals surface area contributed by atoms with Gasteiger partial charge in [-0.2, -0.15) is 0 Å². The van der Waals surface area contributed by atoms with Crippen molar-refractivity contribution < 1.29 is 18.7 Å². The summed E-state index contributed by atoms with van der Waals surface area (Å²) < 4.78 is 27.5. The van der Waals surface area contributed by atoms with Gasteiger partial charge in [0.25, 0.3) is 5.91 Å². The highest BCUT2D eigenvalue weighted by molar-refractivity contribution is 5.82. The first-order valence-corrected chi connectivity index (χ1v) is 8.54. The van der Waals surface area contributed by atoms with Crippen molar-refractivity contribution in [1.82, 2.24) is 14.9 Å². The van der Waals surface area contributed by atoms with Gasteiger partial charge in [0, 0.05) is 25.0 Å². The van der Waals surface area contributed by atoms with E-state index in [1.165, 1.54) is 6.07 Å². The number of rotatable bonds is 4. The van der Waals surface area contributed by atoms with Gasteiger partial charge in [0.1, 0.15) is 24.3 Å². The third-order valence-corrected chi connectivity index (χ3v) is 4.42. The predicted molar refractivity (Wildman–Crippen MR) is 95.9 cm³/mol. The standard InChI is InChI=1S/C20H18FN3O3/c1-24-11-10-22-19(24)18(13-6-2-3-7-14(13)21)23-20(25)17-12-26-15-8-4-5-9-16(15)27-17/h2-11,17-18H,12H2,1H3,(H,23,25)/t17-,18-/m1/s1. The van der Waals surface area contributed by atoms with Crippen LogP contribution in [-0.4, -0.2) is 28.2 Å². The highest BCUT2D eigenvalue weighted by atomic mass is 19.1. The van der Waals surface area contributed by atoms with Crippen LogP contribution >= 0.6 is 0 Å². The van der Waals surface area contributed by atoms with Gasteiger partial charge < -0.3 is 19.4 Å². The first-order valence-electron chi connectivity index (χ1n) is 8.54. The van der Waals surface area contributed by atoms with Crippen molar-refractivity contribution in [3.05, 3.63) is 78.1 Å². The molecule has 0 saturated carbocycles. The topological polar surface area (TPSA) is 65.4 Å². The van der Waals surface area contributed by atoms with Crippen molar-refractivity contribution in [3.8, 4) is 11.5 Å². The van der Waals surface area contributed by atoms with Gasteiger partial charge in [0.2, 0.25) is 6.10 Å². The number of amides is 1. The molecule has 0 spiro atoms. The molecule has 1 aliphatic heterocycles. The first-order chi connectivity index (χ1) is 13.1. The maximum atomic E-state index is 14.4. The van der Waals surface area contributed by atoms with E-state index in [2.05, 4.69) is 10.3 Å². The van der Waals surface area contributed by atoms with Gasteiger partial charge in [-0.15, -0.1) is 0 Å². The zero-order valence-electron chi connectivity index (χ0n) is 14.6. The number of imidazole rings is 1. The zero-order valence-corrected chi connectivity index (χ0v) is 14.6. The van der Waals surface area contributed by atoms with Crippen LogP contribution in [0.3, 0.4) is 0 Å². The van der Waals surface area contributed by atoms with Crippen LogP contribution in [0, 0.1) is 5.82 Å². The lowest BCUT2D eigenvalue weighted by atomic mass is 10.0. The number of carbonyl (C=O) groups excluding carboxylic acids is 1. The van der Waals surface area contributed by atoms with Crippen molar-refractivity contribution in [1.29, 1.82) is 0 Å². The van der Waals surface area contributed by atoms with Crippen molar-refractivity contribution in [2.45, 2.75) is 12.1 Å². The van der Waals surface area contributed by atoms with E-state index >= 15 is 0 Å².